The molecule has 5 heteroatoms. The van der Waals surface area contributed by atoms with E-state index in [-0.39, 0.29) is 0 Å². The van der Waals surface area contributed by atoms with Gasteiger partial charge in [-0.2, -0.15) is 4.99 Å². The molecule has 18 heavy (non-hydrogen) atoms. The van der Waals surface area contributed by atoms with Crippen molar-refractivity contribution in [1.29, 1.82) is 0 Å². The lowest BCUT2D eigenvalue weighted by molar-refractivity contribution is 0.483. The summed E-state index contributed by atoms with van der Waals surface area (Å²) >= 11 is 16.3. The minimum Gasteiger partial charge on any atom is -0.456 e. The van der Waals surface area contributed by atoms with Crippen LogP contribution in [0.25, 0.3) is 0 Å². The van der Waals surface area contributed by atoms with Crippen LogP contribution in [-0.4, -0.2) is 5.16 Å². The smallest absolute Gasteiger partial charge is 0.146 e. The minimum absolute atomic E-state index is 0.462. The first kappa shape index (κ1) is 13.1. The molecule has 0 atom stereocenters. The number of aliphatic imine (C=N–C) groups is 1. The Hall–Kier alpha value is -1.38. The average Bonchev–Trinajstić information content (AvgIpc) is 2.35. The van der Waals surface area contributed by atoms with Gasteiger partial charge in [-0.05, 0) is 54.7 Å². The van der Waals surface area contributed by atoms with Crippen LogP contribution in [0, 0.1) is 0 Å². The molecule has 0 aliphatic rings. The quantitative estimate of drug-likeness (QED) is 0.549. The van der Waals surface area contributed by atoms with Crippen LogP contribution in [0.5, 0.6) is 11.5 Å². The Kier molecular flexibility index (Phi) is 4.34. The van der Waals surface area contributed by atoms with Crippen molar-refractivity contribution >= 4 is 46.3 Å². The maximum atomic E-state index is 6.01. The Bertz CT molecular complexity index is 607. The van der Waals surface area contributed by atoms with Gasteiger partial charge in [-0.25, -0.2) is 0 Å². The highest BCUT2D eigenvalue weighted by molar-refractivity contribution is 7.78. The first-order valence-corrected chi connectivity index (χ1v) is 6.16. The molecule has 0 radical (unpaired) electrons. The van der Waals surface area contributed by atoms with Gasteiger partial charge in [-0.15, -0.1) is 0 Å². The summed E-state index contributed by atoms with van der Waals surface area (Å²) in [5.74, 6) is 1.20. The summed E-state index contributed by atoms with van der Waals surface area (Å²) in [5, 5.41) is 3.33. The summed E-state index contributed by atoms with van der Waals surface area (Å²) in [5.41, 5.74) is 0.722. The number of hydrogen-bond acceptors (Lipinski definition) is 3. The van der Waals surface area contributed by atoms with Crippen molar-refractivity contribution in [2.75, 3.05) is 0 Å². The fourth-order valence-corrected chi connectivity index (χ4v) is 1.88. The monoisotopic (exact) mass is 295 g/mol. The van der Waals surface area contributed by atoms with Crippen molar-refractivity contribution in [2.45, 2.75) is 0 Å². The van der Waals surface area contributed by atoms with Gasteiger partial charge in [0, 0.05) is 5.02 Å². The maximum Gasteiger partial charge on any atom is 0.146 e. The fourth-order valence-electron chi connectivity index (χ4n) is 1.33. The molecule has 2 rings (SSSR count). The predicted molar refractivity (Wildman–Crippen MR) is 77.7 cm³/mol. The minimum atomic E-state index is 0.462. The molecule has 0 aromatic heterocycles. The second-order valence-electron chi connectivity index (χ2n) is 3.37. The molecule has 2 nitrogen and oxygen atoms in total. The molecular weight excluding hydrogens is 289 g/mol. The van der Waals surface area contributed by atoms with Crippen LogP contribution < -0.4 is 4.74 Å². The van der Waals surface area contributed by atoms with Gasteiger partial charge >= 0.3 is 0 Å². The van der Waals surface area contributed by atoms with Crippen LogP contribution in [0.3, 0.4) is 0 Å². The number of ether oxygens (including phenoxy) is 1. The predicted octanol–water partition coefficient (Wildman–Crippen LogP) is 5.52. The molecule has 0 saturated heterocycles. The van der Waals surface area contributed by atoms with E-state index < -0.39 is 0 Å². The number of benzene rings is 2. The van der Waals surface area contributed by atoms with E-state index in [4.69, 9.17) is 27.9 Å². The van der Waals surface area contributed by atoms with Crippen LogP contribution in [0.15, 0.2) is 47.5 Å². The lowest BCUT2D eigenvalue weighted by atomic mass is 10.3. The third kappa shape index (κ3) is 3.31. The topological polar surface area (TPSA) is 21.6 Å². The Morgan fingerprint density at radius 2 is 1.78 bits per heavy atom. The largest absolute Gasteiger partial charge is 0.456 e. The van der Waals surface area contributed by atoms with Crippen LogP contribution in [0.4, 0.5) is 5.69 Å². The van der Waals surface area contributed by atoms with E-state index in [9.17, 15) is 0 Å². The van der Waals surface area contributed by atoms with Crippen LogP contribution in [-0.2, 0) is 0 Å². The zero-order valence-corrected chi connectivity index (χ0v) is 11.4. The Labute approximate surface area is 120 Å². The number of hydrogen-bond donors (Lipinski definition) is 0. The highest BCUT2D eigenvalue weighted by Gasteiger charge is 2.03. The second-order valence-corrected chi connectivity index (χ2v) is 4.40. The van der Waals surface area contributed by atoms with E-state index in [2.05, 4.69) is 22.4 Å². The molecule has 90 valence electrons. The zero-order valence-electron chi connectivity index (χ0n) is 9.06. The van der Waals surface area contributed by atoms with Gasteiger partial charge in [0.1, 0.15) is 11.5 Å². The normalized spacial score (nSPS) is 9.67. The van der Waals surface area contributed by atoms with Gasteiger partial charge in [-0.1, -0.05) is 23.2 Å². The van der Waals surface area contributed by atoms with Crippen LogP contribution in [0.2, 0.25) is 10.0 Å². The SMILES string of the molecule is S=C=Nc1ccc(Oc2ccc(Cl)cc2Cl)cc1. The summed E-state index contributed by atoms with van der Waals surface area (Å²) in [7, 11) is 0. The average molecular weight is 296 g/mol. The molecule has 0 aliphatic carbocycles. The molecule has 0 bridgehead atoms. The number of isothiocyanates is 1. The Morgan fingerprint density at radius 3 is 2.39 bits per heavy atom. The van der Waals surface area contributed by atoms with Crippen molar-refractivity contribution in [3.8, 4) is 11.5 Å². The summed E-state index contributed by atoms with van der Waals surface area (Å²) < 4.78 is 5.62. The van der Waals surface area contributed by atoms with Crippen molar-refractivity contribution in [1.82, 2.24) is 0 Å². The molecule has 0 fully saturated rings. The first-order valence-electron chi connectivity index (χ1n) is 5.00. The summed E-state index contributed by atoms with van der Waals surface area (Å²) in [6, 6.07) is 12.2. The molecule has 0 spiro atoms. The van der Waals surface area contributed by atoms with Gasteiger partial charge in [-0.3, -0.25) is 0 Å². The Morgan fingerprint density at radius 1 is 1.06 bits per heavy atom. The van der Waals surface area contributed by atoms with Crippen LogP contribution in [0.1, 0.15) is 0 Å². The number of thiocarbonyl (C=S) groups is 1. The second kappa shape index (κ2) is 5.98. The van der Waals surface area contributed by atoms with E-state index in [1.54, 1.807) is 42.5 Å². The standard InChI is InChI=1S/C13H7Cl2NOS/c14-9-1-6-13(12(15)7-9)17-11-4-2-10(3-5-11)16-8-18/h1-7H. The van der Waals surface area contributed by atoms with Gasteiger partial charge in [0.05, 0.1) is 15.9 Å². The number of halogens is 2. The third-order valence-corrected chi connectivity index (χ3v) is 2.75. The van der Waals surface area contributed by atoms with E-state index in [1.807, 2.05) is 0 Å². The molecular formula is C13H7Cl2NOS. The fraction of sp³-hybridized carbons (Fsp3) is 0. The highest BCUT2D eigenvalue weighted by atomic mass is 35.5. The molecule has 2 aromatic carbocycles. The molecule has 0 N–H and O–H groups in total. The first-order chi connectivity index (χ1) is 8.69. The summed E-state index contributed by atoms with van der Waals surface area (Å²) in [6.45, 7) is 0. The van der Waals surface area contributed by atoms with Gasteiger partial charge in [0.15, 0.2) is 0 Å². The van der Waals surface area contributed by atoms with Crippen molar-refractivity contribution < 1.29 is 4.74 Å². The lowest BCUT2D eigenvalue weighted by Gasteiger charge is -2.07. The molecule has 0 saturated carbocycles. The maximum absolute atomic E-state index is 6.01. The Balaban J connectivity index is 2.20. The van der Waals surface area contributed by atoms with Gasteiger partial charge < -0.3 is 4.74 Å². The highest BCUT2D eigenvalue weighted by Crippen LogP contribution is 2.32. The summed E-state index contributed by atoms with van der Waals surface area (Å²) in [4.78, 5) is 3.85. The van der Waals surface area contributed by atoms with Crippen molar-refractivity contribution in [2.24, 2.45) is 4.99 Å². The van der Waals surface area contributed by atoms with Crippen molar-refractivity contribution in [3.63, 3.8) is 0 Å². The van der Waals surface area contributed by atoms with Crippen LogP contribution >= 0.6 is 35.4 Å². The van der Waals surface area contributed by atoms with E-state index in [0.717, 1.165) is 5.69 Å². The van der Waals surface area contributed by atoms with Gasteiger partial charge in [0.25, 0.3) is 0 Å². The number of nitrogens with zero attached hydrogens (tertiary/aromatic N) is 1. The zero-order chi connectivity index (χ0) is 13.0. The van der Waals surface area contributed by atoms with Gasteiger partial charge in [0.2, 0.25) is 0 Å². The summed E-state index contributed by atoms with van der Waals surface area (Å²) in [6.07, 6.45) is 0. The van der Waals surface area contributed by atoms with E-state index in [0.29, 0.717) is 21.5 Å². The van der Waals surface area contributed by atoms with E-state index >= 15 is 0 Å². The number of rotatable bonds is 3. The van der Waals surface area contributed by atoms with E-state index in [1.165, 1.54) is 0 Å². The molecule has 0 unspecified atom stereocenters. The molecule has 0 heterocycles. The molecule has 2 aromatic rings. The molecule has 0 aliphatic heterocycles. The molecule has 0 amide bonds. The van der Waals surface area contributed by atoms with Crippen molar-refractivity contribution in [3.05, 3.63) is 52.5 Å². The lowest BCUT2D eigenvalue weighted by Crippen LogP contribution is -1.84. The third-order valence-electron chi connectivity index (χ3n) is 2.13.